The van der Waals surface area contributed by atoms with Gasteiger partial charge in [-0.05, 0) is 43.3 Å². The summed E-state index contributed by atoms with van der Waals surface area (Å²) in [4.78, 5) is 0. The highest BCUT2D eigenvalue weighted by Gasteiger charge is 1.90. The average Bonchev–Trinajstić information content (AvgIpc) is 2.54. The lowest BCUT2D eigenvalue weighted by Crippen LogP contribution is -1.80. The zero-order chi connectivity index (χ0) is 16.1. The highest BCUT2D eigenvalue weighted by atomic mass is 14.0. The summed E-state index contributed by atoms with van der Waals surface area (Å²) in [5, 5.41) is 0. The Labute approximate surface area is 137 Å². The molecule has 0 radical (unpaired) electrons. The molecule has 0 aromatic carbocycles. The first-order chi connectivity index (χ1) is 10.9. The molecule has 0 spiro atoms. The van der Waals surface area contributed by atoms with E-state index in [0.717, 1.165) is 19.3 Å². The van der Waals surface area contributed by atoms with E-state index < -0.39 is 0 Å². The molecule has 0 bridgehead atoms. The first-order valence-electron chi connectivity index (χ1n) is 8.09. The molecule has 114 valence electrons. The SMILES string of the molecule is C#C/C=C\C/C=C\C#CC#CCCCCCCCCCC#C. The minimum absolute atomic E-state index is 0.815. The van der Waals surface area contributed by atoms with Crippen molar-refractivity contribution in [1.82, 2.24) is 0 Å². The smallest absolute Gasteiger partial charge is 0.00989 e. The van der Waals surface area contributed by atoms with Crippen LogP contribution in [-0.2, 0) is 0 Å². The predicted molar refractivity (Wildman–Crippen MR) is 97.7 cm³/mol. The van der Waals surface area contributed by atoms with Crippen LogP contribution < -0.4 is 0 Å². The molecule has 0 heteroatoms. The molecule has 0 aliphatic rings. The van der Waals surface area contributed by atoms with E-state index in [1.807, 2.05) is 18.2 Å². The van der Waals surface area contributed by atoms with E-state index in [9.17, 15) is 0 Å². The summed E-state index contributed by atoms with van der Waals surface area (Å²) >= 11 is 0. The number of allylic oxidation sites excluding steroid dienone is 4. The second-order valence-corrected chi connectivity index (χ2v) is 4.96. The van der Waals surface area contributed by atoms with Crippen molar-refractivity contribution >= 4 is 0 Å². The van der Waals surface area contributed by atoms with E-state index in [-0.39, 0.29) is 0 Å². The molecule has 0 N–H and O–H groups in total. The van der Waals surface area contributed by atoms with Crippen molar-refractivity contribution in [3.8, 4) is 48.4 Å². The van der Waals surface area contributed by atoms with Crippen LogP contribution in [0.5, 0.6) is 0 Å². The van der Waals surface area contributed by atoms with E-state index in [1.165, 1.54) is 44.9 Å². The van der Waals surface area contributed by atoms with Gasteiger partial charge in [0.05, 0.1) is 0 Å². The fourth-order valence-corrected chi connectivity index (χ4v) is 1.85. The van der Waals surface area contributed by atoms with Gasteiger partial charge >= 0.3 is 0 Å². The van der Waals surface area contributed by atoms with E-state index in [4.69, 9.17) is 12.8 Å². The van der Waals surface area contributed by atoms with Gasteiger partial charge in [0.1, 0.15) is 0 Å². The van der Waals surface area contributed by atoms with Gasteiger partial charge in [-0.2, -0.15) is 0 Å². The van der Waals surface area contributed by atoms with E-state index in [2.05, 4.69) is 35.5 Å². The molecule has 0 heterocycles. The Morgan fingerprint density at radius 2 is 1.32 bits per heavy atom. The lowest BCUT2D eigenvalue weighted by atomic mass is 10.1. The molecule has 0 fully saturated rings. The fourth-order valence-electron chi connectivity index (χ4n) is 1.85. The lowest BCUT2D eigenvalue weighted by molar-refractivity contribution is 0.587. The number of unbranched alkanes of at least 4 members (excludes halogenated alkanes) is 8. The van der Waals surface area contributed by atoms with Crippen molar-refractivity contribution < 1.29 is 0 Å². The molecule has 0 aliphatic carbocycles. The number of hydrogen-bond acceptors (Lipinski definition) is 0. The molecule has 0 rings (SSSR count). The summed E-state index contributed by atoms with van der Waals surface area (Å²) < 4.78 is 0. The van der Waals surface area contributed by atoms with Crippen LogP contribution in [0.1, 0.15) is 64.2 Å². The molecule has 0 aromatic rings. The zero-order valence-corrected chi connectivity index (χ0v) is 13.5. The Balaban J connectivity index is 3.41. The summed E-state index contributed by atoms with van der Waals surface area (Å²) in [5.74, 6) is 16.8. The second kappa shape index (κ2) is 18.7. The van der Waals surface area contributed by atoms with Crippen molar-refractivity contribution in [2.75, 3.05) is 0 Å². The summed E-state index contributed by atoms with van der Waals surface area (Å²) in [5.41, 5.74) is 0. The first-order valence-corrected chi connectivity index (χ1v) is 8.09. The Kier molecular flexibility index (Phi) is 16.8. The lowest BCUT2D eigenvalue weighted by Gasteiger charge is -1.98. The maximum absolute atomic E-state index is 5.22. The third-order valence-corrected chi connectivity index (χ3v) is 3.03. The predicted octanol–water partition coefficient (Wildman–Crippen LogP) is 5.27. The van der Waals surface area contributed by atoms with Crippen LogP contribution >= 0.6 is 0 Å². The van der Waals surface area contributed by atoms with Gasteiger partial charge in [-0.1, -0.05) is 62.0 Å². The largest absolute Gasteiger partial charge is 0.120 e. The van der Waals surface area contributed by atoms with E-state index in [1.54, 1.807) is 6.08 Å². The Hall–Kier alpha value is -2.28. The van der Waals surface area contributed by atoms with Gasteiger partial charge in [0.25, 0.3) is 0 Å². The maximum atomic E-state index is 5.22. The van der Waals surface area contributed by atoms with Crippen molar-refractivity contribution in [3.05, 3.63) is 24.3 Å². The summed E-state index contributed by atoms with van der Waals surface area (Å²) in [6.07, 6.45) is 29.2. The van der Waals surface area contributed by atoms with Crippen LogP contribution in [0.25, 0.3) is 0 Å². The molecule has 0 nitrogen and oxygen atoms in total. The van der Waals surface area contributed by atoms with Gasteiger partial charge < -0.3 is 0 Å². The third-order valence-electron chi connectivity index (χ3n) is 3.03. The molecule has 0 saturated carbocycles. The number of rotatable bonds is 10. The summed E-state index contributed by atoms with van der Waals surface area (Å²) in [6.45, 7) is 0. The van der Waals surface area contributed by atoms with Crippen LogP contribution in [0, 0.1) is 48.4 Å². The van der Waals surface area contributed by atoms with Crippen molar-refractivity contribution in [2.45, 2.75) is 64.2 Å². The summed E-state index contributed by atoms with van der Waals surface area (Å²) in [7, 11) is 0. The molecule has 22 heavy (non-hydrogen) atoms. The quantitative estimate of drug-likeness (QED) is 0.379. The molecular formula is C22H26. The van der Waals surface area contributed by atoms with Crippen LogP contribution in [0.3, 0.4) is 0 Å². The molecule has 0 saturated heterocycles. The molecule has 0 aliphatic heterocycles. The average molecular weight is 290 g/mol. The van der Waals surface area contributed by atoms with Gasteiger partial charge in [-0.3, -0.25) is 0 Å². The highest BCUT2D eigenvalue weighted by molar-refractivity contribution is 5.30. The Bertz CT molecular complexity index is 509. The first kappa shape index (κ1) is 19.7. The van der Waals surface area contributed by atoms with Crippen molar-refractivity contribution in [2.24, 2.45) is 0 Å². The normalized spacial score (nSPS) is 9.55. The van der Waals surface area contributed by atoms with Crippen molar-refractivity contribution in [1.29, 1.82) is 0 Å². The van der Waals surface area contributed by atoms with Crippen LogP contribution in [-0.4, -0.2) is 0 Å². The molecule has 0 atom stereocenters. The topological polar surface area (TPSA) is 0 Å². The highest BCUT2D eigenvalue weighted by Crippen LogP contribution is 2.08. The molecular weight excluding hydrogens is 264 g/mol. The number of terminal acetylenes is 2. The van der Waals surface area contributed by atoms with Gasteiger partial charge in [0.15, 0.2) is 0 Å². The van der Waals surface area contributed by atoms with Crippen LogP contribution in [0.15, 0.2) is 24.3 Å². The van der Waals surface area contributed by atoms with Gasteiger partial charge in [-0.25, -0.2) is 0 Å². The molecule has 0 aromatic heterocycles. The van der Waals surface area contributed by atoms with Gasteiger partial charge in [0.2, 0.25) is 0 Å². The Morgan fingerprint density at radius 1 is 0.682 bits per heavy atom. The van der Waals surface area contributed by atoms with E-state index >= 15 is 0 Å². The van der Waals surface area contributed by atoms with E-state index in [0.29, 0.717) is 0 Å². The summed E-state index contributed by atoms with van der Waals surface area (Å²) in [6, 6.07) is 0. The molecule has 0 unspecified atom stereocenters. The third kappa shape index (κ3) is 17.7. The standard InChI is InChI=1S/C22H26/c1-3-5-7-9-11-13-15-17-19-21-22-20-18-16-14-12-10-8-6-4-2/h1-2,5,7,11,13H,6,8-10,12,14,16,18,20,22H2/b7-5-,13-11-. The monoisotopic (exact) mass is 290 g/mol. The molecule has 0 amide bonds. The second-order valence-electron chi connectivity index (χ2n) is 4.96. The maximum Gasteiger partial charge on any atom is 0.00989 e. The zero-order valence-electron chi connectivity index (χ0n) is 13.5. The van der Waals surface area contributed by atoms with Gasteiger partial charge in [0, 0.05) is 12.8 Å². The van der Waals surface area contributed by atoms with Crippen LogP contribution in [0.2, 0.25) is 0 Å². The Morgan fingerprint density at radius 3 is 2.00 bits per heavy atom. The number of hydrogen-bond donors (Lipinski definition) is 0. The minimum atomic E-state index is 0.815. The van der Waals surface area contributed by atoms with Gasteiger partial charge in [-0.15, -0.1) is 18.8 Å². The van der Waals surface area contributed by atoms with Crippen molar-refractivity contribution in [3.63, 3.8) is 0 Å². The minimum Gasteiger partial charge on any atom is -0.120 e. The fraction of sp³-hybridized carbons (Fsp3) is 0.455. The van der Waals surface area contributed by atoms with Crippen LogP contribution in [0.4, 0.5) is 0 Å².